The van der Waals surface area contributed by atoms with Crippen molar-refractivity contribution in [2.45, 2.75) is 45.3 Å². The minimum absolute atomic E-state index is 0.00621. The summed E-state index contributed by atoms with van der Waals surface area (Å²) in [6.07, 6.45) is 2.71. The molecule has 3 aromatic heterocycles. The van der Waals surface area contributed by atoms with Crippen molar-refractivity contribution in [1.29, 1.82) is 0 Å². The Morgan fingerprint density at radius 2 is 1.87 bits per heavy atom. The van der Waals surface area contributed by atoms with Crippen LogP contribution in [0.4, 0.5) is 27.1 Å². The van der Waals surface area contributed by atoms with Gasteiger partial charge in [-0.1, -0.05) is 0 Å². The minimum Gasteiger partial charge on any atom is -0.465 e. The zero-order valence-electron chi connectivity index (χ0n) is 21.6. The molecule has 4 heterocycles. The number of piperidine rings is 1. The summed E-state index contributed by atoms with van der Waals surface area (Å²) in [5, 5.41) is 12.8. The average Bonchev–Trinajstić information content (AvgIpc) is 3.53. The zero-order chi connectivity index (χ0) is 27.3. The number of hydrogen-bond acceptors (Lipinski definition) is 11. The van der Waals surface area contributed by atoms with E-state index in [4.69, 9.17) is 9.47 Å². The van der Waals surface area contributed by atoms with E-state index in [1.54, 1.807) is 35.2 Å². The molecule has 1 aliphatic rings. The lowest BCUT2D eigenvalue weighted by Gasteiger charge is -2.34. The number of carbonyl (C=O) groups excluding carboxylic acids is 3. The Morgan fingerprint density at radius 3 is 2.58 bits per heavy atom. The van der Waals surface area contributed by atoms with Crippen LogP contribution in [0.15, 0.2) is 35.2 Å². The third-order valence-corrected chi connectivity index (χ3v) is 7.22. The Hall–Kier alpha value is -3.71. The number of anilines is 4. The van der Waals surface area contributed by atoms with E-state index in [0.717, 1.165) is 12.8 Å². The Morgan fingerprint density at radius 1 is 1.11 bits per heavy atom. The molecule has 3 N–H and O–H groups in total. The highest BCUT2D eigenvalue weighted by Crippen LogP contribution is 2.30. The number of amides is 2. The van der Waals surface area contributed by atoms with Gasteiger partial charge in [-0.05, 0) is 57.2 Å². The number of rotatable bonds is 7. The maximum Gasteiger partial charge on any atom is 0.407 e. The first-order valence-electron chi connectivity index (χ1n) is 12.0. The predicted molar refractivity (Wildman–Crippen MR) is 148 cm³/mol. The van der Waals surface area contributed by atoms with E-state index in [9.17, 15) is 14.4 Å². The summed E-state index contributed by atoms with van der Waals surface area (Å²) in [6.45, 7) is 6.82. The van der Waals surface area contributed by atoms with Crippen molar-refractivity contribution in [2.75, 3.05) is 35.7 Å². The van der Waals surface area contributed by atoms with Crippen LogP contribution in [0.2, 0.25) is 0 Å². The van der Waals surface area contributed by atoms with Crippen molar-refractivity contribution in [3.63, 3.8) is 0 Å². The Balaban J connectivity index is 1.36. The Bertz CT molecular complexity index is 1290. The molecule has 0 bridgehead atoms. The van der Waals surface area contributed by atoms with Gasteiger partial charge in [0.15, 0.2) is 10.9 Å². The standard InChI is InChI=1S/C25H30N6O5S2/c1-25(2,3)36-24(34)27-15-7-11-31(12-8-15)20-17(6-5-10-26-20)28-21(32)18-14-38-23(30-18)29-16-9-13-37-19(16)22(33)35-4/h5-6,9-10,13-15H,7-8,11-12H2,1-4H3,(H,27,34)(H,28,32)(H,29,30). The molecule has 0 unspecified atom stereocenters. The summed E-state index contributed by atoms with van der Waals surface area (Å²) in [5.74, 6) is -0.152. The molecular weight excluding hydrogens is 528 g/mol. The molecule has 0 radical (unpaired) electrons. The fraction of sp³-hybridized carbons (Fsp3) is 0.400. The number of thiazole rings is 1. The summed E-state index contributed by atoms with van der Waals surface area (Å²) < 4.78 is 10.2. The Kier molecular flexibility index (Phi) is 8.47. The van der Waals surface area contributed by atoms with Gasteiger partial charge in [0.1, 0.15) is 16.2 Å². The van der Waals surface area contributed by atoms with Crippen LogP contribution in [0.25, 0.3) is 0 Å². The maximum atomic E-state index is 13.0. The monoisotopic (exact) mass is 558 g/mol. The van der Waals surface area contributed by atoms with E-state index in [-0.39, 0.29) is 17.6 Å². The molecule has 0 spiro atoms. The number of methoxy groups -OCH3 is 1. The molecule has 202 valence electrons. The van der Waals surface area contributed by atoms with Gasteiger partial charge in [-0.2, -0.15) is 0 Å². The van der Waals surface area contributed by atoms with Crippen LogP contribution in [0.5, 0.6) is 0 Å². The third kappa shape index (κ3) is 6.98. The quantitative estimate of drug-likeness (QED) is 0.347. The van der Waals surface area contributed by atoms with E-state index in [1.165, 1.54) is 29.8 Å². The molecule has 4 rings (SSSR count). The number of thiophene rings is 1. The summed E-state index contributed by atoms with van der Waals surface area (Å²) in [5.41, 5.74) is 0.838. The summed E-state index contributed by atoms with van der Waals surface area (Å²) in [4.78, 5) is 48.4. The van der Waals surface area contributed by atoms with Gasteiger partial charge >= 0.3 is 12.1 Å². The van der Waals surface area contributed by atoms with Crippen molar-refractivity contribution < 1.29 is 23.9 Å². The second-order valence-electron chi connectivity index (χ2n) is 9.55. The Labute approximate surface area is 228 Å². The van der Waals surface area contributed by atoms with E-state index >= 15 is 0 Å². The molecule has 38 heavy (non-hydrogen) atoms. The minimum atomic E-state index is -0.546. The lowest BCUT2D eigenvalue weighted by atomic mass is 10.1. The normalized spacial score (nSPS) is 14.1. The number of pyridine rings is 1. The molecule has 1 saturated heterocycles. The molecule has 1 aliphatic heterocycles. The molecule has 0 aliphatic carbocycles. The molecule has 0 atom stereocenters. The van der Waals surface area contributed by atoms with E-state index < -0.39 is 17.7 Å². The van der Waals surface area contributed by atoms with Gasteiger partial charge in [0.05, 0.1) is 18.5 Å². The fourth-order valence-corrected chi connectivity index (χ4v) is 5.32. The molecule has 2 amide bonds. The fourth-order valence-electron chi connectivity index (χ4n) is 3.85. The molecule has 11 nitrogen and oxygen atoms in total. The van der Waals surface area contributed by atoms with Crippen LogP contribution >= 0.6 is 22.7 Å². The van der Waals surface area contributed by atoms with Gasteiger partial charge in [-0.15, -0.1) is 22.7 Å². The van der Waals surface area contributed by atoms with Gasteiger partial charge in [0.25, 0.3) is 5.91 Å². The van der Waals surface area contributed by atoms with E-state index in [0.29, 0.717) is 40.3 Å². The predicted octanol–water partition coefficient (Wildman–Crippen LogP) is 4.88. The highest BCUT2D eigenvalue weighted by molar-refractivity contribution is 7.14. The second kappa shape index (κ2) is 11.8. The zero-order valence-corrected chi connectivity index (χ0v) is 23.2. The first kappa shape index (κ1) is 27.3. The number of ether oxygens (including phenoxy) is 2. The molecular formula is C25H30N6O5S2. The lowest BCUT2D eigenvalue weighted by Crippen LogP contribution is -2.46. The van der Waals surface area contributed by atoms with Crippen LogP contribution in [0.1, 0.15) is 53.8 Å². The largest absolute Gasteiger partial charge is 0.465 e. The molecule has 13 heteroatoms. The first-order valence-corrected chi connectivity index (χ1v) is 13.8. The maximum absolute atomic E-state index is 13.0. The smallest absolute Gasteiger partial charge is 0.407 e. The molecule has 0 aromatic carbocycles. The van der Waals surface area contributed by atoms with Gasteiger partial charge < -0.3 is 30.3 Å². The highest BCUT2D eigenvalue weighted by atomic mass is 32.1. The average molecular weight is 559 g/mol. The third-order valence-electron chi connectivity index (χ3n) is 5.56. The summed E-state index contributed by atoms with van der Waals surface area (Å²) in [7, 11) is 1.33. The van der Waals surface area contributed by atoms with Crippen LogP contribution in [-0.2, 0) is 9.47 Å². The van der Waals surface area contributed by atoms with Crippen molar-refractivity contribution in [3.05, 3.63) is 45.7 Å². The van der Waals surface area contributed by atoms with Gasteiger partial charge in [-0.25, -0.2) is 19.6 Å². The van der Waals surface area contributed by atoms with Crippen molar-refractivity contribution in [2.24, 2.45) is 0 Å². The summed E-state index contributed by atoms with van der Waals surface area (Å²) in [6, 6.07) is 5.32. The van der Waals surface area contributed by atoms with Gasteiger partial charge in [0, 0.05) is 30.7 Å². The molecule has 0 saturated carbocycles. The van der Waals surface area contributed by atoms with E-state index in [1.807, 2.05) is 20.8 Å². The van der Waals surface area contributed by atoms with Crippen molar-refractivity contribution in [1.82, 2.24) is 15.3 Å². The molecule has 1 fully saturated rings. The second-order valence-corrected chi connectivity index (χ2v) is 11.3. The SMILES string of the molecule is COC(=O)c1sccc1Nc1nc(C(=O)Nc2cccnc2N2CCC(NC(=O)OC(C)(C)C)CC2)cs1. The number of nitrogens with one attached hydrogen (secondary N) is 3. The van der Waals surface area contributed by atoms with Gasteiger partial charge in [0.2, 0.25) is 0 Å². The number of carbonyl (C=O) groups is 3. The number of esters is 1. The number of alkyl carbamates (subject to hydrolysis) is 1. The van der Waals surface area contributed by atoms with Crippen molar-refractivity contribution in [3.8, 4) is 0 Å². The van der Waals surface area contributed by atoms with Crippen LogP contribution in [0, 0.1) is 0 Å². The van der Waals surface area contributed by atoms with Crippen LogP contribution < -0.4 is 20.9 Å². The van der Waals surface area contributed by atoms with E-state index in [2.05, 4.69) is 30.8 Å². The van der Waals surface area contributed by atoms with Crippen LogP contribution in [-0.4, -0.2) is 59.8 Å². The number of nitrogens with zero attached hydrogens (tertiary/aromatic N) is 3. The highest BCUT2D eigenvalue weighted by Gasteiger charge is 2.26. The van der Waals surface area contributed by atoms with Crippen molar-refractivity contribution >= 4 is 63.0 Å². The van der Waals surface area contributed by atoms with Gasteiger partial charge in [-0.3, -0.25) is 4.79 Å². The summed E-state index contributed by atoms with van der Waals surface area (Å²) >= 11 is 2.51. The topological polar surface area (TPSA) is 135 Å². The number of aromatic nitrogens is 2. The first-order chi connectivity index (χ1) is 18.1. The molecule has 3 aromatic rings. The lowest BCUT2D eigenvalue weighted by molar-refractivity contribution is 0.0496. The van der Waals surface area contributed by atoms with Crippen LogP contribution in [0.3, 0.4) is 0 Å². The number of hydrogen-bond donors (Lipinski definition) is 3.